The predicted molar refractivity (Wildman–Crippen MR) is 59.2 cm³/mol. The molecule has 0 aromatic rings. The number of carbonyl (C=O) groups is 1. The van der Waals surface area contributed by atoms with Gasteiger partial charge in [0.1, 0.15) is 0 Å². The third-order valence-electron chi connectivity index (χ3n) is 2.43. The Hall–Kier alpha value is -0.610. The first-order valence-electron chi connectivity index (χ1n) is 5.63. The first-order chi connectivity index (χ1) is 7.01. The lowest BCUT2D eigenvalue weighted by Crippen LogP contribution is -2.34. The molecule has 1 rings (SSSR count). The Morgan fingerprint density at radius 1 is 1.53 bits per heavy atom. The van der Waals surface area contributed by atoms with Gasteiger partial charge in [-0.1, -0.05) is 0 Å². The summed E-state index contributed by atoms with van der Waals surface area (Å²) in [6.45, 7) is 8.70. The van der Waals surface area contributed by atoms with Crippen molar-refractivity contribution in [1.82, 2.24) is 10.4 Å². The zero-order valence-electron chi connectivity index (χ0n) is 9.95. The first kappa shape index (κ1) is 12.5. The van der Waals surface area contributed by atoms with Gasteiger partial charge in [0.15, 0.2) is 0 Å². The van der Waals surface area contributed by atoms with E-state index in [1.165, 1.54) is 11.5 Å². The van der Waals surface area contributed by atoms with Gasteiger partial charge in [-0.2, -0.15) is 0 Å². The molecule has 1 amide bonds. The number of hydrogen-bond donors (Lipinski definition) is 1. The summed E-state index contributed by atoms with van der Waals surface area (Å²) in [5.74, 6) is 0.691. The highest BCUT2D eigenvalue weighted by Crippen LogP contribution is 2.14. The Balaban J connectivity index is 2.24. The van der Waals surface area contributed by atoms with Gasteiger partial charge in [-0.25, -0.2) is 5.06 Å². The van der Waals surface area contributed by atoms with Crippen LogP contribution in [0.2, 0.25) is 0 Å². The standard InChI is InChI=1S/C11H22N2O2/c1-11(2,3)15-13(9-14)7-5-10-4-6-12-8-10/h9-10,12H,4-8H2,1-3H3. The summed E-state index contributed by atoms with van der Waals surface area (Å²) in [5, 5.41) is 4.73. The van der Waals surface area contributed by atoms with Crippen molar-refractivity contribution in [2.45, 2.75) is 39.2 Å². The van der Waals surface area contributed by atoms with Crippen LogP contribution in [0.15, 0.2) is 0 Å². The van der Waals surface area contributed by atoms with Crippen LogP contribution in [0.4, 0.5) is 0 Å². The third kappa shape index (κ3) is 5.14. The average Bonchev–Trinajstić information content (AvgIpc) is 2.62. The molecule has 0 radical (unpaired) electrons. The molecular weight excluding hydrogens is 192 g/mol. The molecule has 1 aliphatic heterocycles. The molecule has 1 saturated heterocycles. The second-order valence-corrected chi connectivity index (χ2v) is 5.10. The molecule has 0 spiro atoms. The third-order valence-corrected chi connectivity index (χ3v) is 2.43. The summed E-state index contributed by atoms with van der Waals surface area (Å²) in [4.78, 5) is 16.3. The van der Waals surface area contributed by atoms with E-state index in [2.05, 4.69) is 5.32 Å². The number of nitrogens with zero attached hydrogens (tertiary/aromatic N) is 1. The lowest BCUT2D eigenvalue weighted by molar-refractivity contribution is -0.216. The van der Waals surface area contributed by atoms with Gasteiger partial charge >= 0.3 is 0 Å². The minimum Gasteiger partial charge on any atom is -0.316 e. The summed E-state index contributed by atoms with van der Waals surface area (Å²) < 4.78 is 0. The van der Waals surface area contributed by atoms with E-state index >= 15 is 0 Å². The minimum absolute atomic E-state index is 0.297. The van der Waals surface area contributed by atoms with Crippen molar-refractivity contribution in [1.29, 1.82) is 0 Å². The van der Waals surface area contributed by atoms with Gasteiger partial charge in [0, 0.05) is 6.54 Å². The second-order valence-electron chi connectivity index (χ2n) is 5.10. The van der Waals surface area contributed by atoms with Crippen molar-refractivity contribution in [3.8, 4) is 0 Å². The Kier molecular flexibility index (Phi) is 4.54. The molecule has 0 saturated carbocycles. The summed E-state index contributed by atoms with van der Waals surface area (Å²) in [6, 6.07) is 0. The minimum atomic E-state index is -0.297. The number of hydroxylamine groups is 2. The fraction of sp³-hybridized carbons (Fsp3) is 0.909. The number of amides is 1. The highest BCUT2D eigenvalue weighted by Gasteiger charge is 2.19. The van der Waals surface area contributed by atoms with Crippen LogP contribution in [0.5, 0.6) is 0 Å². The topological polar surface area (TPSA) is 41.6 Å². The maximum atomic E-state index is 10.8. The molecule has 1 heterocycles. The van der Waals surface area contributed by atoms with Crippen molar-refractivity contribution < 1.29 is 9.63 Å². The quantitative estimate of drug-likeness (QED) is 0.552. The van der Waals surface area contributed by atoms with Gasteiger partial charge in [0.2, 0.25) is 6.41 Å². The van der Waals surface area contributed by atoms with Gasteiger partial charge in [-0.3, -0.25) is 9.63 Å². The first-order valence-corrected chi connectivity index (χ1v) is 5.63. The Morgan fingerprint density at radius 2 is 2.27 bits per heavy atom. The van der Waals surface area contributed by atoms with Crippen LogP contribution in [0.1, 0.15) is 33.6 Å². The molecule has 88 valence electrons. The summed E-state index contributed by atoms with van der Waals surface area (Å²) in [5.41, 5.74) is -0.297. The molecule has 1 unspecified atom stereocenters. The smallest absolute Gasteiger partial charge is 0.233 e. The number of rotatable bonds is 5. The van der Waals surface area contributed by atoms with Gasteiger partial charge in [0.05, 0.1) is 5.60 Å². The van der Waals surface area contributed by atoms with E-state index in [1.807, 2.05) is 20.8 Å². The maximum Gasteiger partial charge on any atom is 0.233 e. The lowest BCUT2D eigenvalue weighted by atomic mass is 10.1. The summed E-state index contributed by atoms with van der Waals surface area (Å²) in [7, 11) is 0. The zero-order valence-corrected chi connectivity index (χ0v) is 9.95. The molecule has 1 aliphatic rings. The molecule has 1 atom stereocenters. The normalized spacial score (nSPS) is 21.7. The van der Waals surface area contributed by atoms with Crippen molar-refractivity contribution >= 4 is 6.41 Å². The van der Waals surface area contributed by atoms with Crippen molar-refractivity contribution in [2.75, 3.05) is 19.6 Å². The van der Waals surface area contributed by atoms with E-state index in [4.69, 9.17) is 4.84 Å². The van der Waals surface area contributed by atoms with Crippen LogP contribution in [0.25, 0.3) is 0 Å². The highest BCUT2D eigenvalue weighted by molar-refractivity contribution is 5.44. The molecular formula is C11H22N2O2. The van der Waals surface area contributed by atoms with Gasteiger partial charge in [-0.15, -0.1) is 0 Å². The van der Waals surface area contributed by atoms with Gasteiger partial charge in [-0.05, 0) is 52.6 Å². The van der Waals surface area contributed by atoms with E-state index in [9.17, 15) is 4.79 Å². The average molecular weight is 214 g/mol. The van der Waals surface area contributed by atoms with Crippen molar-refractivity contribution in [2.24, 2.45) is 5.92 Å². The molecule has 1 fully saturated rings. The zero-order chi connectivity index (χ0) is 11.3. The van der Waals surface area contributed by atoms with E-state index in [-0.39, 0.29) is 5.60 Å². The molecule has 4 heteroatoms. The largest absolute Gasteiger partial charge is 0.316 e. The molecule has 4 nitrogen and oxygen atoms in total. The van der Waals surface area contributed by atoms with E-state index in [0.29, 0.717) is 12.5 Å². The van der Waals surface area contributed by atoms with Crippen LogP contribution in [0.3, 0.4) is 0 Å². The summed E-state index contributed by atoms with van der Waals surface area (Å²) in [6.07, 6.45) is 3.00. The molecule has 1 N–H and O–H groups in total. The molecule has 0 aromatic heterocycles. The number of hydrogen-bond acceptors (Lipinski definition) is 3. The fourth-order valence-corrected chi connectivity index (χ4v) is 1.74. The molecule has 15 heavy (non-hydrogen) atoms. The van der Waals surface area contributed by atoms with E-state index < -0.39 is 0 Å². The van der Waals surface area contributed by atoms with Gasteiger partial charge in [0.25, 0.3) is 0 Å². The molecule has 0 bridgehead atoms. The second kappa shape index (κ2) is 5.47. The van der Waals surface area contributed by atoms with Crippen LogP contribution in [-0.2, 0) is 9.63 Å². The number of carbonyl (C=O) groups excluding carboxylic acids is 1. The Labute approximate surface area is 91.9 Å². The highest BCUT2D eigenvalue weighted by atomic mass is 16.7. The monoisotopic (exact) mass is 214 g/mol. The Bertz CT molecular complexity index is 195. The van der Waals surface area contributed by atoms with Crippen LogP contribution in [0, 0.1) is 5.92 Å². The van der Waals surface area contributed by atoms with Crippen LogP contribution < -0.4 is 5.32 Å². The van der Waals surface area contributed by atoms with Crippen LogP contribution in [-0.4, -0.2) is 36.7 Å². The molecule has 0 aromatic carbocycles. The number of nitrogens with one attached hydrogen (secondary N) is 1. The Morgan fingerprint density at radius 3 is 2.73 bits per heavy atom. The lowest BCUT2D eigenvalue weighted by Gasteiger charge is -2.27. The van der Waals surface area contributed by atoms with E-state index in [1.54, 1.807) is 0 Å². The van der Waals surface area contributed by atoms with Crippen molar-refractivity contribution in [3.63, 3.8) is 0 Å². The van der Waals surface area contributed by atoms with Crippen LogP contribution >= 0.6 is 0 Å². The fourth-order valence-electron chi connectivity index (χ4n) is 1.74. The molecule has 0 aliphatic carbocycles. The van der Waals surface area contributed by atoms with Gasteiger partial charge < -0.3 is 5.32 Å². The maximum absolute atomic E-state index is 10.8. The van der Waals surface area contributed by atoms with E-state index in [0.717, 1.165) is 25.9 Å². The predicted octanol–water partition coefficient (Wildman–Crippen LogP) is 1.17. The van der Waals surface area contributed by atoms with Crippen molar-refractivity contribution in [3.05, 3.63) is 0 Å². The summed E-state index contributed by atoms with van der Waals surface area (Å²) >= 11 is 0. The SMILES string of the molecule is CC(C)(C)ON(C=O)CCC1CCNC1.